The van der Waals surface area contributed by atoms with Crippen LogP contribution in [0, 0.1) is 11.2 Å². The van der Waals surface area contributed by atoms with E-state index in [0.717, 1.165) is 0 Å². The zero-order valence-electron chi connectivity index (χ0n) is 6.11. The monoisotopic (exact) mass is 222 g/mol. The van der Waals surface area contributed by atoms with Crippen LogP contribution in [0.4, 0.5) is 22.0 Å². The van der Waals surface area contributed by atoms with E-state index < -0.39 is 21.3 Å². The molecule has 0 fully saturated rings. The van der Waals surface area contributed by atoms with Gasteiger partial charge in [-0.25, -0.2) is 8.42 Å². The van der Waals surface area contributed by atoms with Crippen LogP contribution in [0.25, 0.3) is 0 Å². The van der Waals surface area contributed by atoms with Crippen LogP contribution < -0.4 is 0 Å². The normalized spacial score (nSPS) is 13.4. The lowest BCUT2D eigenvalue weighted by molar-refractivity contribution is -0.0696. The molecule has 76 valence electrons. The Balaban J connectivity index is 5.02. The van der Waals surface area contributed by atoms with E-state index in [9.17, 15) is 30.4 Å². The summed E-state index contributed by atoms with van der Waals surface area (Å²) in [5.74, 6) is 0.251. The Morgan fingerprint density at radius 1 is 1.08 bits per heavy atom. The van der Waals surface area contributed by atoms with Gasteiger partial charge < -0.3 is 0 Å². The first-order valence-electron chi connectivity index (χ1n) is 2.69. The molecule has 2 nitrogen and oxygen atoms in total. The van der Waals surface area contributed by atoms with Crippen molar-refractivity contribution in [1.82, 2.24) is 0 Å². The van der Waals surface area contributed by atoms with E-state index >= 15 is 0 Å². The molecule has 0 bridgehead atoms. The summed E-state index contributed by atoms with van der Waals surface area (Å²) in [6.07, 6.45) is -5.10. The van der Waals surface area contributed by atoms with Crippen molar-refractivity contribution in [2.45, 2.75) is 18.4 Å². The molecule has 0 aromatic carbocycles. The Morgan fingerprint density at radius 3 is 1.69 bits per heavy atom. The van der Waals surface area contributed by atoms with Crippen LogP contribution in [0.1, 0.15) is 6.92 Å². The molecule has 8 heteroatoms. The Hall–Kier alpha value is -0.840. The Bertz CT molecular complexity index is 336. The summed E-state index contributed by atoms with van der Waals surface area (Å²) in [4.78, 5) is 0. The van der Waals surface area contributed by atoms with E-state index in [1.165, 1.54) is 0 Å². The Morgan fingerprint density at radius 2 is 1.46 bits per heavy atom. The van der Waals surface area contributed by atoms with Crippen LogP contribution >= 0.6 is 0 Å². The van der Waals surface area contributed by atoms with Crippen molar-refractivity contribution in [3.63, 3.8) is 0 Å². The van der Waals surface area contributed by atoms with Crippen molar-refractivity contribution in [2.24, 2.45) is 0 Å². The summed E-state index contributed by atoms with van der Waals surface area (Å²) < 4.78 is 78.5. The van der Waals surface area contributed by atoms with Gasteiger partial charge in [0.25, 0.3) is 9.84 Å². The van der Waals surface area contributed by atoms with Gasteiger partial charge in [0.15, 0.2) is 0 Å². The molecule has 0 saturated carbocycles. The second-order valence-corrected chi connectivity index (χ2v) is 3.96. The van der Waals surface area contributed by atoms with Crippen molar-refractivity contribution < 1.29 is 30.4 Å². The standard InChI is InChI=1S/C5H3F5O2S/c1-4(6,7)13(11,12)3-2-5(8,9)10/h1H3. The van der Waals surface area contributed by atoms with E-state index in [-0.39, 0.29) is 12.8 Å². The van der Waals surface area contributed by atoms with E-state index in [4.69, 9.17) is 0 Å². The molecule has 0 amide bonds. The molecule has 0 aliphatic carbocycles. The molecule has 0 N–H and O–H groups in total. The van der Waals surface area contributed by atoms with Gasteiger partial charge in [-0.3, -0.25) is 0 Å². The molecule has 0 atom stereocenters. The predicted molar refractivity (Wildman–Crippen MR) is 33.4 cm³/mol. The maximum absolute atomic E-state index is 12.0. The number of sulfone groups is 1. The van der Waals surface area contributed by atoms with Crippen LogP contribution in [-0.2, 0) is 9.84 Å². The zero-order valence-corrected chi connectivity index (χ0v) is 6.93. The highest BCUT2D eigenvalue weighted by Crippen LogP contribution is 2.21. The average Bonchev–Trinajstić information content (AvgIpc) is 1.79. The van der Waals surface area contributed by atoms with Gasteiger partial charge in [-0.15, -0.1) is 0 Å². The Labute approximate surface area is 70.7 Å². The largest absolute Gasteiger partial charge is 0.458 e. The highest BCUT2D eigenvalue weighted by molar-refractivity contribution is 7.97. The van der Waals surface area contributed by atoms with Gasteiger partial charge in [0.05, 0.1) is 0 Å². The Kier molecular flexibility index (Phi) is 2.94. The number of rotatable bonds is 1. The number of alkyl halides is 5. The highest BCUT2D eigenvalue weighted by Gasteiger charge is 2.39. The van der Waals surface area contributed by atoms with Crippen LogP contribution in [-0.4, -0.2) is 19.8 Å². The predicted octanol–water partition coefficient (Wildman–Crippen LogP) is 1.54. The van der Waals surface area contributed by atoms with Crippen molar-refractivity contribution in [1.29, 1.82) is 0 Å². The van der Waals surface area contributed by atoms with Crippen molar-refractivity contribution in [2.75, 3.05) is 0 Å². The second kappa shape index (κ2) is 3.14. The summed E-state index contributed by atoms with van der Waals surface area (Å²) >= 11 is 0. The molecule has 0 heterocycles. The van der Waals surface area contributed by atoms with Gasteiger partial charge >= 0.3 is 11.4 Å². The minimum Gasteiger partial charge on any atom is -0.209 e. The number of hydrogen-bond acceptors (Lipinski definition) is 2. The van der Waals surface area contributed by atoms with E-state index in [1.807, 2.05) is 0 Å². The smallest absolute Gasteiger partial charge is 0.209 e. The summed E-state index contributed by atoms with van der Waals surface area (Å²) in [5.41, 5.74) is 0. The molecular weight excluding hydrogens is 219 g/mol. The van der Waals surface area contributed by atoms with E-state index in [2.05, 4.69) is 0 Å². The maximum atomic E-state index is 12.0. The first-order chi connectivity index (χ1) is 5.46. The fourth-order valence-corrected chi connectivity index (χ4v) is 0.644. The molecule has 13 heavy (non-hydrogen) atoms. The van der Waals surface area contributed by atoms with Gasteiger partial charge in [0.1, 0.15) is 0 Å². The SMILES string of the molecule is CC(F)(F)S(=O)(=O)C#CC(F)(F)F. The van der Waals surface area contributed by atoms with Crippen molar-refractivity contribution >= 4 is 9.84 Å². The quantitative estimate of drug-likeness (QED) is 0.383. The van der Waals surface area contributed by atoms with Crippen LogP contribution in [0.3, 0.4) is 0 Å². The summed E-state index contributed by atoms with van der Waals surface area (Å²) in [6.45, 7) is -0.0482. The van der Waals surface area contributed by atoms with Crippen molar-refractivity contribution in [3.05, 3.63) is 0 Å². The molecule has 0 saturated heterocycles. The minimum absolute atomic E-state index is 0.0482. The van der Waals surface area contributed by atoms with Crippen LogP contribution in [0.5, 0.6) is 0 Å². The van der Waals surface area contributed by atoms with Crippen LogP contribution in [0.2, 0.25) is 0 Å². The lowest BCUT2D eigenvalue weighted by atomic mass is 10.7. The average molecular weight is 222 g/mol. The third-order valence-corrected chi connectivity index (χ3v) is 2.11. The highest BCUT2D eigenvalue weighted by atomic mass is 32.2. The van der Waals surface area contributed by atoms with Gasteiger partial charge in [-0.05, 0) is 0 Å². The van der Waals surface area contributed by atoms with Crippen molar-refractivity contribution in [3.8, 4) is 11.2 Å². The number of hydrogen-bond donors (Lipinski definition) is 0. The third kappa shape index (κ3) is 4.07. The van der Waals surface area contributed by atoms with E-state index in [0.29, 0.717) is 5.25 Å². The molecule has 0 radical (unpaired) electrons. The molecule has 0 aliphatic heterocycles. The molecule has 0 aromatic rings. The topological polar surface area (TPSA) is 34.1 Å². The lowest BCUT2D eigenvalue weighted by Gasteiger charge is -2.04. The zero-order chi connectivity index (χ0) is 10.9. The molecule has 0 rings (SSSR count). The lowest BCUT2D eigenvalue weighted by Crippen LogP contribution is -2.23. The minimum atomic E-state index is -5.35. The molecular formula is C5H3F5O2S. The van der Waals surface area contributed by atoms with Gasteiger partial charge in [-0.2, -0.15) is 22.0 Å². The molecule has 0 spiro atoms. The number of halogens is 5. The third-order valence-electron chi connectivity index (χ3n) is 0.799. The van der Waals surface area contributed by atoms with Gasteiger partial charge in [-0.1, -0.05) is 0 Å². The molecule has 0 unspecified atom stereocenters. The van der Waals surface area contributed by atoms with Gasteiger partial charge in [0.2, 0.25) is 0 Å². The summed E-state index contributed by atoms with van der Waals surface area (Å²) in [6, 6.07) is 0. The maximum Gasteiger partial charge on any atom is 0.458 e. The molecule has 0 aliphatic rings. The van der Waals surface area contributed by atoms with Gasteiger partial charge in [0, 0.05) is 18.1 Å². The fraction of sp³-hybridized carbons (Fsp3) is 0.600. The molecule has 0 aromatic heterocycles. The fourth-order valence-electron chi connectivity index (χ4n) is 0.215. The summed E-state index contributed by atoms with van der Waals surface area (Å²) in [7, 11) is -5.35. The van der Waals surface area contributed by atoms with Crippen LogP contribution in [0.15, 0.2) is 0 Å². The first-order valence-corrected chi connectivity index (χ1v) is 4.17. The first kappa shape index (κ1) is 12.2. The van der Waals surface area contributed by atoms with E-state index in [1.54, 1.807) is 0 Å². The second-order valence-electron chi connectivity index (χ2n) is 2.04. The summed E-state index contributed by atoms with van der Waals surface area (Å²) in [5, 5.41) is -3.80.